The normalized spacial score (nSPS) is 29.7. The Hall–Kier alpha value is -3.74. The number of benzene rings is 2. The molecule has 1 saturated heterocycles. The predicted octanol–water partition coefficient (Wildman–Crippen LogP) is 4.06. The minimum Gasteiger partial charge on any atom is -0.459 e. The Morgan fingerprint density at radius 3 is 1.94 bits per heavy atom. The molecule has 6 atom stereocenters. The molecule has 0 unspecified atom stereocenters. The minimum absolute atomic E-state index is 0.113. The summed E-state index contributed by atoms with van der Waals surface area (Å²) in [5.41, 5.74) is 1.85. The maximum atomic E-state index is 13.3. The zero-order chi connectivity index (χ0) is 24.4. The molecule has 2 aromatic carbocycles. The number of amides is 3. The van der Waals surface area contributed by atoms with E-state index in [0.29, 0.717) is 34.3 Å². The summed E-state index contributed by atoms with van der Waals surface area (Å²) < 4.78 is 5.17. The third-order valence-corrected chi connectivity index (χ3v) is 7.77. The zero-order valence-corrected chi connectivity index (χ0v) is 19.5. The van der Waals surface area contributed by atoms with Crippen LogP contribution in [-0.2, 0) is 14.3 Å². The van der Waals surface area contributed by atoms with Crippen LogP contribution in [0.1, 0.15) is 41.0 Å². The number of imide groups is 1. The summed E-state index contributed by atoms with van der Waals surface area (Å²) in [5.74, 6) is 0.0170. The fourth-order valence-corrected chi connectivity index (χ4v) is 6.15. The number of hydrogen-bond acceptors (Lipinski definition) is 5. The Kier molecular flexibility index (Phi) is 4.91. The van der Waals surface area contributed by atoms with Gasteiger partial charge in [0.2, 0.25) is 11.8 Å². The highest BCUT2D eigenvalue weighted by molar-refractivity contribution is 6.22. The number of ether oxygens (including phenoxy) is 1. The number of allylic oxidation sites excluding steroid dienone is 2. The molecule has 0 spiro atoms. The number of rotatable bonds is 5. The standard InChI is InChI=1S/C28H26N2O5/c1-14(2)35-28(34)16-3-7-17(8-4-16)29-25(31)15-5-9-18(10-6-15)30-26(32)23-19-11-12-20(22-13-21(19)22)24(23)27(30)33/h3-12,14,19-24H,13H2,1-2H3,(H,29,31)/t19-,20-,21-,22-,23-,24+/m1/s1. The highest BCUT2D eigenvalue weighted by Crippen LogP contribution is 2.65. The molecule has 3 fully saturated rings. The number of carbonyl (C=O) groups is 4. The molecule has 7 heteroatoms. The number of carbonyl (C=O) groups excluding carboxylic acids is 4. The quantitative estimate of drug-likeness (QED) is 0.404. The van der Waals surface area contributed by atoms with Crippen molar-refractivity contribution in [2.75, 3.05) is 10.2 Å². The summed E-state index contributed by atoms with van der Waals surface area (Å²) in [7, 11) is 0. The van der Waals surface area contributed by atoms with Crippen LogP contribution in [-0.4, -0.2) is 29.8 Å². The molecule has 3 amide bonds. The Bertz CT molecular complexity index is 1230. The lowest BCUT2D eigenvalue weighted by Gasteiger charge is -2.37. The molecule has 178 valence electrons. The molecule has 5 aliphatic rings. The van der Waals surface area contributed by atoms with Crippen LogP contribution in [0.5, 0.6) is 0 Å². The molecule has 2 aromatic rings. The average molecular weight is 471 g/mol. The maximum absolute atomic E-state index is 13.3. The first-order chi connectivity index (χ1) is 16.8. The van der Waals surface area contributed by atoms with Gasteiger partial charge in [-0.25, -0.2) is 4.79 Å². The van der Waals surface area contributed by atoms with Crippen LogP contribution in [0.2, 0.25) is 0 Å². The average Bonchev–Trinajstić information content (AvgIpc) is 3.62. The molecule has 7 rings (SSSR count). The van der Waals surface area contributed by atoms with Crippen LogP contribution in [0, 0.1) is 35.5 Å². The predicted molar refractivity (Wildman–Crippen MR) is 129 cm³/mol. The summed E-state index contributed by atoms with van der Waals surface area (Å²) in [6.45, 7) is 3.56. The molecule has 2 bridgehead atoms. The van der Waals surface area contributed by atoms with Crippen LogP contribution in [0.4, 0.5) is 11.4 Å². The second kappa shape index (κ2) is 7.90. The van der Waals surface area contributed by atoms with E-state index in [1.54, 1.807) is 62.4 Å². The Morgan fingerprint density at radius 1 is 0.857 bits per heavy atom. The summed E-state index contributed by atoms with van der Waals surface area (Å²) in [6.07, 6.45) is 5.23. The molecular weight excluding hydrogens is 444 g/mol. The van der Waals surface area contributed by atoms with Gasteiger partial charge in [-0.2, -0.15) is 0 Å². The highest BCUT2D eigenvalue weighted by atomic mass is 16.5. The molecule has 1 aliphatic heterocycles. The zero-order valence-electron chi connectivity index (χ0n) is 19.5. The second-order valence-corrected chi connectivity index (χ2v) is 10.2. The molecule has 4 aliphatic carbocycles. The molecule has 1 N–H and O–H groups in total. The van der Waals surface area contributed by atoms with E-state index in [1.165, 1.54) is 4.90 Å². The van der Waals surface area contributed by atoms with Crippen molar-refractivity contribution < 1.29 is 23.9 Å². The van der Waals surface area contributed by atoms with Crippen molar-refractivity contribution in [2.45, 2.75) is 26.4 Å². The van der Waals surface area contributed by atoms with Crippen molar-refractivity contribution >= 4 is 35.1 Å². The first-order valence-corrected chi connectivity index (χ1v) is 12.1. The van der Waals surface area contributed by atoms with E-state index in [4.69, 9.17) is 4.74 Å². The number of esters is 1. The number of hydrogen-bond donors (Lipinski definition) is 1. The van der Waals surface area contributed by atoms with E-state index in [1.807, 2.05) is 0 Å². The van der Waals surface area contributed by atoms with Gasteiger partial charge in [-0.05, 0) is 92.5 Å². The molecule has 0 aromatic heterocycles. The van der Waals surface area contributed by atoms with Gasteiger partial charge in [0.1, 0.15) is 0 Å². The van der Waals surface area contributed by atoms with Crippen molar-refractivity contribution in [3.63, 3.8) is 0 Å². The van der Waals surface area contributed by atoms with E-state index in [2.05, 4.69) is 17.5 Å². The largest absolute Gasteiger partial charge is 0.459 e. The lowest BCUT2D eigenvalue weighted by atomic mass is 9.63. The van der Waals surface area contributed by atoms with E-state index < -0.39 is 5.97 Å². The Labute approximate surface area is 203 Å². The van der Waals surface area contributed by atoms with Gasteiger partial charge in [-0.15, -0.1) is 0 Å². The highest BCUT2D eigenvalue weighted by Gasteiger charge is 2.67. The van der Waals surface area contributed by atoms with Crippen LogP contribution >= 0.6 is 0 Å². The van der Waals surface area contributed by atoms with Gasteiger partial charge in [-0.1, -0.05) is 12.2 Å². The lowest BCUT2D eigenvalue weighted by Crippen LogP contribution is -2.40. The lowest BCUT2D eigenvalue weighted by molar-refractivity contribution is -0.124. The summed E-state index contributed by atoms with van der Waals surface area (Å²) >= 11 is 0. The molecule has 2 saturated carbocycles. The molecule has 7 nitrogen and oxygen atoms in total. The van der Waals surface area contributed by atoms with E-state index in [0.717, 1.165) is 6.42 Å². The van der Waals surface area contributed by atoms with Gasteiger partial charge in [0.15, 0.2) is 0 Å². The van der Waals surface area contributed by atoms with Gasteiger partial charge < -0.3 is 10.1 Å². The van der Waals surface area contributed by atoms with Gasteiger partial charge in [-0.3, -0.25) is 19.3 Å². The maximum Gasteiger partial charge on any atom is 0.338 e. The van der Waals surface area contributed by atoms with Crippen molar-refractivity contribution in [3.8, 4) is 0 Å². The third kappa shape index (κ3) is 3.49. The monoisotopic (exact) mass is 470 g/mol. The molecule has 35 heavy (non-hydrogen) atoms. The van der Waals surface area contributed by atoms with Crippen molar-refractivity contribution in [3.05, 3.63) is 71.8 Å². The summed E-state index contributed by atoms with van der Waals surface area (Å²) in [4.78, 5) is 52.5. The topological polar surface area (TPSA) is 92.8 Å². The summed E-state index contributed by atoms with van der Waals surface area (Å²) in [6, 6.07) is 13.0. The van der Waals surface area contributed by atoms with Gasteiger partial charge in [0.05, 0.1) is 29.2 Å². The fraction of sp³-hybridized carbons (Fsp3) is 0.357. The molecule has 0 radical (unpaired) electrons. The van der Waals surface area contributed by atoms with Gasteiger partial charge in [0.25, 0.3) is 5.91 Å². The van der Waals surface area contributed by atoms with Crippen LogP contribution < -0.4 is 10.2 Å². The van der Waals surface area contributed by atoms with Crippen molar-refractivity contribution in [1.29, 1.82) is 0 Å². The minimum atomic E-state index is -0.417. The fourth-order valence-electron chi connectivity index (χ4n) is 6.15. The number of nitrogens with zero attached hydrogens (tertiary/aromatic N) is 1. The first kappa shape index (κ1) is 21.8. The van der Waals surface area contributed by atoms with Crippen molar-refractivity contribution in [1.82, 2.24) is 0 Å². The van der Waals surface area contributed by atoms with Crippen LogP contribution in [0.25, 0.3) is 0 Å². The van der Waals surface area contributed by atoms with Crippen molar-refractivity contribution in [2.24, 2.45) is 35.5 Å². The van der Waals surface area contributed by atoms with Gasteiger partial charge >= 0.3 is 5.97 Å². The summed E-state index contributed by atoms with van der Waals surface area (Å²) in [5, 5.41) is 2.80. The molecular formula is C28H26N2O5. The van der Waals surface area contributed by atoms with E-state index in [9.17, 15) is 19.2 Å². The third-order valence-electron chi connectivity index (χ3n) is 7.77. The first-order valence-electron chi connectivity index (χ1n) is 12.1. The van der Waals surface area contributed by atoms with E-state index in [-0.39, 0.29) is 47.5 Å². The number of anilines is 2. The molecule has 1 heterocycles. The second-order valence-electron chi connectivity index (χ2n) is 10.2. The van der Waals surface area contributed by atoms with Crippen LogP contribution in [0.15, 0.2) is 60.7 Å². The van der Waals surface area contributed by atoms with Crippen LogP contribution in [0.3, 0.4) is 0 Å². The Balaban J connectivity index is 1.14. The van der Waals surface area contributed by atoms with Gasteiger partial charge in [0, 0.05) is 11.3 Å². The smallest absolute Gasteiger partial charge is 0.338 e. The Morgan fingerprint density at radius 2 is 1.40 bits per heavy atom. The number of nitrogens with one attached hydrogen (secondary N) is 1. The van der Waals surface area contributed by atoms with E-state index >= 15 is 0 Å². The SMILES string of the molecule is CC(C)OC(=O)c1ccc(NC(=O)c2ccc(N3C(=O)[C@@H]4[C@@H]5C=C[C@H]([C@H]6C[C@H]56)[C@@H]4C3=O)cc2)cc1.